The standard InChI is InChI=1S/C13H18O3/c1-4-11(13(14)15)7-10-6-5-9(2)12(8-10)16-3/h5-6,8,11H,4,7H2,1-3H3,(H,14,15). The van der Waals surface area contributed by atoms with E-state index in [1.807, 2.05) is 32.0 Å². The molecule has 1 aromatic carbocycles. The van der Waals surface area contributed by atoms with Crippen molar-refractivity contribution in [3.8, 4) is 5.75 Å². The van der Waals surface area contributed by atoms with Crippen LogP contribution in [0.4, 0.5) is 0 Å². The van der Waals surface area contributed by atoms with Crippen LogP contribution in [0.15, 0.2) is 18.2 Å². The van der Waals surface area contributed by atoms with Crippen LogP contribution in [0.3, 0.4) is 0 Å². The number of carbonyl (C=O) groups is 1. The molecule has 0 fully saturated rings. The summed E-state index contributed by atoms with van der Waals surface area (Å²) in [4.78, 5) is 10.9. The van der Waals surface area contributed by atoms with Crippen molar-refractivity contribution < 1.29 is 14.6 Å². The van der Waals surface area contributed by atoms with Crippen LogP contribution >= 0.6 is 0 Å². The van der Waals surface area contributed by atoms with E-state index in [4.69, 9.17) is 9.84 Å². The van der Waals surface area contributed by atoms with Gasteiger partial charge in [0.05, 0.1) is 13.0 Å². The smallest absolute Gasteiger partial charge is 0.306 e. The molecule has 0 aliphatic rings. The van der Waals surface area contributed by atoms with Gasteiger partial charge in [-0.25, -0.2) is 0 Å². The third kappa shape index (κ3) is 2.99. The van der Waals surface area contributed by atoms with Crippen molar-refractivity contribution >= 4 is 5.97 Å². The van der Waals surface area contributed by atoms with Gasteiger partial charge in [0.15, 0.2) is 0 Å². The molecule has 1 N–H and O–H groups in total. The summed E-state index contributed by atoms with van der Waals surface area (Å²) < 4.78 is 5.21. The predicted molar refractivity (Wildman–Crippen MR) is 62.9 cm³/mol. The molecule has 0 aliphatic carbocycles. The van der Waals surface area contributed by atoms with Gasteiger partial charge in [0, 0.05) is 0 Å². The molecule has 0 saturated heterocycles. The molecule has 3 heteroatoms. The van der Waals surface area contributed by atoms with E-state index < -0.39 is 5.97 Å². The van der Waals surface area contributed by atoms with Crippen molar-refractivity contribution in [1.29, 1.82) is 0 Å². The van der Waals surface area contributed by atoms with Crippen molar-refractivity contribution in [1.82, 2.24) is 0 Å². The van der Waals surface area contributed by atoms with Crippen molar-refractivity contribution in [2.75, 3.05) is 7.11 Å². The van der Waals surface area contributed by atoms with Crippen LogP contribution in [0.5, 0.6) is 5.75 Å². The van der Waals surface area contributed by atoms with E-state index in [1.165, 1.54) is 0 Å². The van der Waals surface area contributed by atoms with E-state index in [2.05, 4.69) is 0 Å². The summed E-state index contributed by atoms with van der Waals surface area (Å²) in [6, 6.07) is 5.84. The molecule has 0 bridgehead atoms. The first-order chi connectivity index (χ1) is 7.58. The van der Waals surface area contributed by atoms with Crippen LogP contribution in [-0.4, -0.2) is 18.2 Å². The van der Waals surface area contributed by atoms with E-state index in [0.29, 0.717) is 12.8 Å². The number of benzene rings is 1. The fourth-order valence-corrected chi connectivity index (χ4v) is 1.68. The van der Waals surface area contributed by atoms with E-state index >= 15 is 0 Å². The van der Waals surface area contributed by atoms with Gasteiger partial charge < -0.3 is 9.84 Å². The molecule has 16 heavy (non-hydrogen) atoms. The first-order valence-corrected chi connectivity index (χ1v) is 5.44. The predicted octanol–water partition coefficient (Wildman–Crippen LogP) is 2.66. The van der Waals surface area contributed by atoms with E-state index in [0.717, 1.165) is 16.9 Å². The number of methoxy groups -OCH3 is 1. The highest BCUT2D eigenvalue weighted by Gasteiger charge is 2.15. The highest BCUT2D eigenvalue weighted by atomic mass is 16.5. The van der Waals surface area contributed by atoms with Gasteiger partial charge in [0.2, 0.25) is 0 Å². The van der Waals surface area contributed by atoms with Crippen LogP contribution < -0.4 is 4.74 Å². The normalized spacial score (nSPS) is 12.2. The lowest BCUT2D eigenvalue weighted by atomic mass is 9.96. The second-order valence-electron chi connectivity index (χ2n) is 3.95. The molecule has 1 rings (SSSR count). The molecule has 0 aromatic heterocycles. The summed E-state index contributed by atoms with van der Waals surface area (Å²) in [5.74, 6) is -0.229. The van der Waals surface area contributed by atoms with Gasteiger partial charge in [-0.1, -0.05) is 19.1 Å². The molecule has 0 radical (unpaired) electrons. The maximum atomic E-state index is 10.9. The zero-order valence-electron chi connectivity index (χ0n) is 9.99. The van der Waals surface area contributed by atoms with Crippen molar-refractivity contribution in [2.24, 2.45) is 5.92 Å². The number of aryl methyl sites for hydroxylation is 1. The molecule has 1 atom stereocenters. The molecule has 0 heterocycles. The van der Waals surface area contributed by atoms with Crippen LogP contribution in [0.2, 0.25) is 0 Å². The zero-order chi connectivity index (χ0) is 12.1. The molecule has 0 spiro atoms. The van der Waals surface area contributed by atoms with Crippen molar-refractivity contribution in [3.63, 3.8) is 0 Å². The first-order valence-electron chi connectivity index (χ1n) is 5.44. The number of aliphatic carboxylic acids is 1. The number of ether oxygens (including phenoxy) is 1. The largest absolute Gasteiger partial charge is 0.496 e. The van der Waals surface area contributed by atoms with E-state index in [1.54, 1.807) is 7.11 Å². The molecule has 88 valence electrons. The van der Waals surface area contributed by atoms with Gasteiger partial charge in [-0.05, 0) is 37.0 Å². The highest BCUT2D eigenvalue weighted by Crippen LogP contribution is 2.21. The second kappa shape index (κ2) is 5.54. The van der Waals surface area contributed by atoms with Gasteiger partial charge in [0.1, 0.15) is 5.75 Å². The molecular formula is C13H18O3. The molecular weight excluding hydrogens is 204 g/mol. The Balaban J connectivity index is 2.84. The van der Waals surface area contributed by atoms with Crippen LogP contribution in [-0.2, 0) is 11.2 Å². The van der Waals surface area contributed by atoms with Gasteiger partial charge in [-0.2, -0.15) is 0 Å². The molecule has 0 aliphatic heterocycles. The van der Waals surface area contributed by atoms with Crippen LogP contribution in [0, 0.1) is 12.8 Å². The molecule has 1 aromatic rings. The third-order valence-electron chi connectivity index (χ3n) is 2.80. The maximum absolute atomic E-state index is 10.9. The Hall–Kier alpha value is -1.51. The summed E-state index contributed by atoms with van der Waals surface area (Å²) in [6.45, 7) is 3.86. The number of carboxylic acid groups (broad SMARTS) is 1. The number of carboxylic acids is 1. The number of rotatable bonds is 5. The quantitative estimate of drug-likeness (QED) is 0.833. The fourth-order valence-electron chi connectivity index (χ4n) is 1.68. The average molecular weight is 222 g/mol. The average Bonchev–Trinajstić information content (AvgIpc) is 2.27. The lowest BCUT2D eigenvalue weighted by Gasteiger charge is -2.11. The van der Waals surface area contributed by atoms with Crippen molar-refractivity contribution in [2.45, 2.75) is 26.7 Å². The van der Waals surface area contributed by atoms with Crippen LogP contribution in [0.1, 0.15) is 24.5 Å². The monoisotopic (exact) mass is 222 g/mol. The minimum atomic E-state index is -0.734. The summed E-state index contributed by atoms with van der Waals surface area (Å²) in [5, 5.41) is 8.98. The Labute approximate surface area is 96.1 Å². The zero-order valence-corrected chi connectivity index (χ0v) is 9.99. The summed E-state index contributed by atoms with van der Waals surface area (Å²) in [6.07, 6.45) is 1.20. The summed E-state index contributed by atoms with van der Waals surface area (Å²) in [7, 11) is 1.63. The third-order valence-corrected chi connectivity index (χ3v) is 2.80. The molecule has 0 amide bonds. The van der Waals surface area contributed by atoms with E-state index in [9.17, 15) is 4.79 Å². The van der Waals surface area contributed by atoms with Crippen LogP contribution in [0.25, 0.3) is 0 Å². The maximum Gasteiger partial charge on any atom is 0.306 e. The molecule has 0 saturated carbocycles. The lowest BCUT2D eigenvalue weighted by Crippen LogP contribution is -2.15. The molecule has 3 nitrogen and oxygen atoms in total. The Morgan fingerprint density at radius 1 is 1.50 bits per heavy atom. The Bertz CT molecular complexity index is 371. The topological polar surface area (TPSA) is 46.5 Å². The number of hydrogen-bond acceptors (Lipinski definition) is 2. The SMILES string of the molecule is CCC(Cc1ccc(C)c(OC)c1)C(=O)O. The Kier molecular flexibility index (Phi) is 4.35. The summed E-state index contributed by atoms with van der Waals surface area (Å²) >= 11 is 0. The van der Waals surface area contributed by atoms with Gasteiger partial charge in [-0.15, -0.1) is 0 Å². The van der Waals surface area contributed by atoms with Crippen molar-refractivity contribution in [3.05, 3.63) is 29.3 Å². The minimum absolute atomic E-state index is 0.313. The number of hydrogen-bond donors (Lipinski definition) is 1. The Morgan fingerprint density at radius 2 is 2.19 bits per heavy atom. The molecule has 1 unspecified atom stereocenters. The summed E-state index contributed by atoms with van der Waals surface area (Å²) in [5.41, 5.74) is 2.08. The first kappa shape index (κ1) is 12.6. The van der Waals surface area contributed by atoms with Gasteiger partial charge >= 0.3 is 5.97 Å². The lowest BCUT2D eigenvalue weighted by molar-refractivity contribution is -0.141. The van der Waals surface area contributed by atoms with Gasteiger partial charge in [0.25, 0.3) is 0 Å². The van der Waals surface area contributed by atoms with Gasteiger partial charge in [-0.3, -0.25) is 4.79 Å². The Morgan fingerprint density at radius 3 is 2.69 bits per heavy atom. The minimum Gasteiger partial charge on any atom is -0.496 e. The highest BCUT2D eigenvalue weighted by molar-refractivity contribution is 5.70. The van der Waals surface area contributed by atoms with E-state index in [-0.39, 0.29) is 5.92 Å². The second-order valence-corrected chi connectivity index (χ2v) is 3.95. The fraction of sp³-hybridized carbons (Fsp3) is 0.462.